The average molecular weight is 189 g/mol. The molecule has 0 aromatic carbocycles. The maximum Gasteiger partial charge on any atom is 0.269 e. The Balaban J connectivity index is 3.04. The summed E-state index contributed by atoms with van der Waals surface area (Å²) in [5.74, 6) is 0. The molecular weight excluding hydrogens is 182 g/mol. The molecule has 0 atom stereocenters. The van der Waals surface area contributed by atoms with Gasteiger partial charge in [-0.15, -0.1) is 0 Å². The summed E-state index contributed by atoms with van der Waals surface area (Å²) in [5.41, 5.74) is 5.80. The number of nitrogens with two attached hydrogens (primary N) is 1. The van der Waals surface area contributed by atoms with E-state index < -0.39 is 5.56 Å². The Bertz CT molecular complexity index is 600. The highest BCUT2D eigenvalue weighted by Gasteiger charge is 2.11. The van der Waals surface area contributed by atoms with E-state index in [1.54, 1.807) is 13.1 Å². The van der Waals surface area contributed by atoms with Crippen LogP contribution in [0, 0.1) is 11.3 Å². The van der Waals surface area contributed by atoms with Gasteiger partial charge in [0.05, 0.1) is 17.3 Å². The van der Waals surface area contributed by atoms with Crippen molar-refractivity contribution in [2.75, 3.05) is 5.73 Å². The second-order valence-electron chi connectivity index (χ2n) is 2.89. The molecule has 3 N–H and O–H groups in total. The van der Waals surface area contributed by atoms with Crippen LogP contribution in [0.5, 0.6) is 0 Å². The van der Waals surface area contributed by atoms with E-state index in [2.05, 4.69) is 10.1 Å². The van der Waals surface area contributed by atoms with E-state index in [4.69, 9.17) is 11.0 Å². The van der Waals surface area contributed by atoms with E-state index in [1.807, 2.05) is 0 Å². The van der Waals surface area contributed by atoms with Crippen LogP contribution in [0.3, 0.4) is 0 Å². The molecule has 0 amide bonds. The zero-order valence-corrected chi connectivity index (χ0v) is 7.40. The van der Waals surface area contributed by atoms with Crippen molar-refractivity contribution in [3.8, 4) is 6.07 Å². The van der Waals surface area contributed by atoms with Gasteiger partial charge in [-0.05, 0) is 0 Å². The highest BCUT2D eigenvalue weighted by Crippen LogP contribution is 2.18. The maximum atomic E-state index is 11.3. The largest absolute Gasteiger partial charge is 0.397 e. The van der Waals surface area contributed by atoms with Crippen LogP contribution in [-0.4, -0.2) is 14.8 Å². The normalized spacial score (nSPS) is 10.3. The summed E-state index contributed by atoms with van der Waals surface area (Å²) in [6.07, 6.45) is 1.52. The molecule has 0 fully saturated rings. The molecule has 6 nitrogen and oxygen atoms in total. The molecule has 0 radical (unpaired) electrons. The number of H-pyrrole nitrogens is 1. The van der Waals surface area contributed by atoms with Crippen LogP contribution in [-0.2, 0) is 7.05 Å². The first kappa shape index (κ1) is 8.31. The molecule has 2 rings (SSSR count). The van der Waals surface area contributed by atoms with E-state index in [-0.39, 0.29) is 11.3 Å². The van der Waals surface area contributed by atoms with Gasteiger partial charge in [0, 0.05) is 7.05 Å². The van der Waals surface area contributed by atoms with Crippen molar-refractivity contribution in [3.05, 3.63) is 22.1 Å². The second kappa shape index (κ2) is 2.60. The number of rotatable bonds is 0. The maximum absolute atomic E-state index is 11.3. The minimum atomic E-state index is -0.485. The van der Waals surface area contributed by atoms with Gasteiger partial charge in [0.15, 0.2) is 0 Å². The van der Waals surface area contributed by atoms with E-state index in [1.165, 1.54) is 10.9 Å². The number of anilines is 1. The fraction of sp³-hybridized carbons (Fsp3) is 0.125. The van der Waals surface area contributed by atoms with Gasteiger partial charge < -0.3 is 10.7 Å². The van der Waals surface area contributed by atoms with Crippen LogP contribution < -0.4 is 11.3 Å². The zero-order chi connectivity index (χ0) is 10.3. The van der Waals surface area contributed by atoms with Crippen LogP contribution in [0.2, 0.25) is 0 Å². The molecule has 0 bridgehead atoms. The van der Waals surface area contributed by atoms with Gasteiger partial charge in [-0.1, -0.05) is 0 Å². The summed E-state index contributed by atoms with van der Waals surface area (Å²) in [6.45, 7) is 0. The lowest BCUT2D eigenvalue weighted by Crippen LogP contribution is -2.14. The molecule has 2 aromatic heterocycles. The minimum absolute atomic E-state index is 0.0644. The Morgan fingerprint density at radius 2 is 2.43 bits per heavy atom. The van der Waals surface area contributed by atoms with Gasteiger partial charge in [-0.3, -0.25) is 9.48 Å². The van der Waals surface area contributed by atoms with Crippen molar-refractivity contribution < 1.29 is 0 Å². The van der Waals surface area contributed by atoms with Gasteiger partial charge >= 0.3 is 0 Å². The lowest BCUT2D eigenvalue weighted by atomic mass is 10.2. The standard InChI is InChI=1S/C8H7N5O/c1-13-7-5(3-11-13)6(10)4(2-9)8(14)12-7/h3H,1H3,(H3,10,12,14). The van der Waals surface area contributed by atoms with E-state index in [9.17, 15) is 4.79 Å². The Hall–Kier alpha value is -2.29. The number of aryl methyl sites for hydroxylation is 1. The van der Waals surface area contributed by atoms with Crippen molar-refractivity contribution in [2.45, 2.75) is 0 Å². The molecule has 0 aliphatic rings. The van der Waals surface area contributed by atoms with Gasteiger partial charge in [-0.2, -0.15) is 10.4 Å². The summed E-state index contributed by atoms with van der Waals surface area (Å²) >= 11 is 0. The smallest absolute Gasteiger partial charge is 0.269 e. The van der Waals surface area contributed by atoms with E-state index in [0.29, 0.717) is 11.0 Å². The SMILES string of the molecule is Cn1ncc2c(N)c(C#N)c(=O)[nH]c21. The number of nitriles is 1. The van der Waals surface area contributed by atoms with Crippen molar-refractivity contribution in [2.24, 2.45) is 7.05 Å². The minimum Gasteiger partial charge on any atom is -0.397 e. The quantitative estimate of drug-likeness (QED) is 0.594. The van der Waals surface area contributed by atoms with Gasteiger partial charge in [0.1, 0.15) is 17.3 Å². The third-order valence-corrected chi connectivity index (χ3v) is 2.07. The molecule has 14 heavy (non-hydrogen) atoms. The van der Waals surface area contributed by atoms with Gasteiger partial charge in [-0.25, -0.2) is 0 Å². The van der Waals surface area contributed by atoms with Crippen LogP contribution in [0.15, 0.2) is 11.0 Å². The van der Waals surface area contributed by atoms with Crippen molar-refractivity contribution in [1.82, 2.24) is 14.8 Å². The average Bonchev–Trinajstić information content (AvgIpc) is 2.49. The Morgan fingerprint density at radius 1 is 1.71 bits per heavy atom. The highest BCUT2D eigenvalue weighted by atomic mass is 16.1. The molecule has 0 saturated heterocycles. The van der Waals surface area contributed by atoms with Crippen LogP contribution in [0.4, 0.5) is 5.69 Å². The number of hydrogen-bond donors (Lipinski definition) is 2. The number of hydrogen-bond acceptors (Lipinski definition) is 4. The third-order valence-electron chi connectivity index (χ3n) is 2.07. The monoisotopic (exact) mass is 189 g/mol. The van der Waals surface area contributed by atoms with Crippen LogP contribution >= 0.6 is 0 Å². The molecule has 70 valence electrons. The number of nitrogen functional groups attached to an aromatic ring is 1. The Morgan fingerprint density at radius 3 is 3.07 bits per heavy atom. The van der Waals surface area contributed by atoms with Crippen LogP contribution in [0.1, 0.15) is 5.56 Å². The fourth-order valence-corrected chi connectivity index (χ4v) is 1.32. The van der Waals surface area contributed by atoms with Crippen molar-refractivity contribution >= 4 is 16.7 Å². The number of nitrogens with one attached hydrogen (secondary N) is 1. The summed E-state index contributed by atoms with van der Waals surface area (Å²) < 4.78 is 1.49. The number of fused-ring (bicyclic) bond motifs is 1. The first-order chi connectivity index (χ1) is 6.65. The molecule has 0 aliphatic carbocycles. The molecule has 0 unspecified atom stereocenters. The summed E-state index contributed by atoms with van der Waals surface area (Å²) in [6, 6.07) is 1.76. The first-order valence-electron chi connectivity index (χ1n) is 3.88. The van der Waals surface area contributed by atoms with Crippen LogP contribution in [0.25, 0.3) is 11.0 Å². The Labute approximate surface area is 78.6 Å². The number of nitrogens with zero attached hydrogens (tertiary/aromatic N) is 3. The topological polar surface area (TPSA) is 100 Å². The fourth-order valence-electron chi connectivity index (χ4n) is 1.32. The van der Waals surface area contributed by atoms with Gasteiger partial charge in [0.25, 0.3) is 5.56 Å². The number of pyridine rings is 1. The predicted octanol–water partition coefficient (Wildman–Crippen LogP) is -0.285. The highest BCUT2D eigenvalue weighted by molar-refractivity contribution is 5.90. The molecule has 0 spiro atoms. The third kappa shape index (κ3) is 0.894. The molecule has 2 aromatic rings. The molecule has 6 heteroatoms. The lowest BCUT2D eigenvalue weighted by Gasteiger charge is -1.98. The first-order valence-corrected chi connectivity index (χ1v) is 3.88. The second-order valence-corrected chi connectivity index (χ2v) is 2.89. The predicted molar refractivity (Wildman–Crippen MR) is 50.5 cm³/mol. The van der Waals surface area contributed by atoms with Crippen molar-refractivity contribution in [3.63, 3.8) is 0 Å². The lowest BCUT2D eigenvalue weighted by molar-refractivity contribution is 0.785. The molecule has 2 heterocycles. The number of aromatic nitrogens is 3. The van der Waals surface area contributed by atoms with E-state index in [0.717, 1.165) is 0 Å². The molecule has 0 aliphatic heterocycles. The molecular formula is C8H7N5O. The van der Waals surface area contributed by atoms with E-state index >= 15 is 0 Å². The van der Waals surface area contributed by atoms with Gasteiger partial charge in [0.2, 0.25) is 0 Å². The Kier molecular flexibility index (Phi) is 1.54. The number of aromatic amines is 1. The summed E-state index contributed by atoms with van der Waals surface area (Å²) in [7, 11) is 1.68. The summed E-state index contributed by atoms with van der Waals surface area (Å²) in [4.78, 5) is 13.9. The summed E-state index contributed by atoms with van der Waals surface area (Å²) in [5, 5.41) is 13.2. The van der Waals surface area contributed by atoms with Crippen molar-refractivity contribution in [1.29, 1.82) is 5.26 Å². The molecule has 0 saturated carbocycles. The zero-order valence-electron chi connectivity index (χ0n) is 7.40.